The lowest BCUT2D eigenvalue weighted by atomic mass is 9.63. The van der Waals surface area contributed by atoms with Crippen LogP contribution in [0.1, 0.15) is 50.8 Å². The van der Waals surface area contributed by atoms with Crippen LogP contribution in [0.5, 0.6) is 0 Å². The Hall–Kier alpha value is -5.74. The van der Waals surface area contributed by atoms with Gasteiger partial charge < -0.3 is 29.0 Å². The highest BCUT2D eigenvalue weighted by Crippen LogP contribution is 2.53. The summed E-state index contributed by atoms with van der Waals surface area (Å²) in [4.78, 5) is 57.0. The highest BCUT2D eigenvalue weighted by atomic mass is 19.4. The van der Waals surface area contributed by atoms with Crippen LogP contribution in [0, 0.1) is 23.7 Å². The van der Waals surface area contributed by atoms with E-state index in [1.807, 2.05) is 18.2 Å². The molecule has 0 aromatic heterocycles. The maximum Gasteiger partial charge on any atom is 0.432 e. The summed E-state index contributed by atoms with van der Waals surface area (Å²) in [6, 6.07) is 20.8. The summed E-state index contributed by atoms with van der Waals surface area (Å²) in [5, 5.41) is 2.96. The number of halogens is 6. The van der Waals surface area contributed by atoms with E-state index >= 15 is 13.2 Å². The molecule has 3 aliphatic rings. The molecule has 1 aliphatic carbocycles. The van der Waals surface area contributed by atoms with E-state index in [9.17, 15) is 32.3 Å². The number of methoxy groups -OCH3 is 2. The molecule has 16 heteroatoms. The van der Waals surface area contributed by atoms with E-state index in [0.717, 1.165) is 43.0 Å². The maximum atomic E-state index is 15.2. The van der Waals surface area contributed by atoms with Crippen molar-refractivity contribution in [2.75, 3.05) is 14.2 Å². The number of esters is 3. The number of amides is 1. The number of nitrogens with one attached hydrogen (secondary N) is 1. The summed E-state index contributed by atoms with van der Waals surface area (Å²) in [6.45, 7) is 6.28. The molecule has 1 amide bonds. The first kappa shape index (κ1) is 47.7. The van der Waals surface area contributed by atoms with Crippen molar-refractivity contribution >= 4 is 23.8 Å². The number of hydrogen-bond donors (Lipinski definition) is 1. The van der Waals surface area contributed by atoms with Crippen LogP contribution < -0.4 is 5.32 Å². The van der Waals surface area contributed by atoms with Crippen molar-refractivity contribution in [3.05, 3.63) is 143 Å². The largest absolute Gasteiger partial charge is 0.459 e. The van der Waals surface area contributed by atoms with Gasteiger partial charge in [-0.15, -0.1) is 0 Å². The van der Waals surface area contributed by atoms with Gasteiger partial charge in [0, 0.05) is 43.4 Å². The highest BCUT2D eigenvalue weighted by molar-refractivity contribution is 5.95. The van der Waals surface area contributed by atoms with Gasteiger partial charge in [0.15, 0.2) is 0 Å². The molecule has 3 aromatic carbocycles. The Bertz CT molecular complexity index is 2280. The summed E-state index contributed by atoms with van der Waals surface area (Å²) in [6.07, 6.45) is -8.37. The van der Waals surface area contributed by atoms with Gasteiger partial charge in [-0.1, -0.05) is 129 Å². The van der Waals surface area contributed by atoms with E-state index in [1.165, 1.54) is 61.5 Å². The third-order valence-corrected chi connectivity index (χ3v) is 12.7. The molecule has 64 heavy (non-hydrogen) atoms. The molecule has 0 radical (unpaired) electrons. The van der Waals surface area contributed by atoms with Crippen LogP contribution in [0.25, 0.3) is 0 Å². The van der Waals surface area contributed by atoms with Gasteiger partial charge in [0.05, 0.1) is 11.8 Å². The molecule has 10 nitrogen and oxygen atoms in total. The number of ether oxygens (including phenoxy) is 5. The van der Waals surface area contributed by atoms with Gasteiger partial charge in [-0.2, -0.15) is 26.3 Å². The summed E-state index contributed by atoms with van der Waals surface area (Å²) in [5.41, 5.74) is -9.00. The van der Waals surface area contributed by atoms with E-state index in [4.69, 9.17) is 23.7 Å². The van der Waals surface area contributed by atoms with Gasteiger partial charge in [0.1, 0.15) is 12.2 Å². The molecule has 3 aromatic rings. The van der Waals surface area contributed by atoms with Crippen molar-refractivity contribution in [2.45, 2.75) is 87.9 Å². The number of benzene rings is 3. The van der Waals surface area contributed by atoms with Crippen LogP contribution in [0.2, 0.25) is 0 Å². The highest BCUT2D eigenvalue weighted by Gasteiger charge is 2.69. The number of hydrogen-bond acceptors (Lipinski definition) is 9. The second kappa shape index (κ2) is 18.4. The normalized spacial score (nSPS) is 29.2. The fourth-order valence-corrected chi connectivity index (χ4v) is 9.41. The topological polar surface area (TPSA) is 126 Å². The van der Waals surface area contributed by atoms with Crippen molar-refractivity contribution in [1.29, 1.82) is 0 Å². The minimum Gasteiger partial charge on any atom is -0.459 e. The average molecular weight is 898 g/mol. The quantitative estimate of drug-likeness (QED) is 0.0925. The smallest absolute Gasteiger partial charge is 0.432 e. The number of carbonyl (C=O) groups excluding carboxylic acids is 4. The fraction of sp³-hybridized carbons (Fsp3) is 0.417. The molecule has 10 atom stereocenters. The molecule has 1 spiro atoms. The Balaban J connectivity index is 1.47. The Morgan fingerprint density at radius 3 is 1.73 bits per heavy atom. The van der Waals surface area contributed by atoms with Gasteiger partial charge in [-0.3, -0.25) is 4.79 Å². The Labute approximate surface area is 366 Å². The molecule has 342 valence electrons. The van der Waals surface area contributed by atoms with E-state index in [1.54, 1.807) is 32.9 Å². The second-order valence-corrected chi connectivity index (χ2v) is 16.4. The molecule has 0 unspecified atom stereocenters. The molecule has 0 saturated carbocycles. The summed E-state index contributed by atoms with van der Waals surface area (Å²) in [7, 11) is 1.45. The number of rotatable bonds is 10. The van der Waals surface area contributed by atoms with E-state index < -0.39 is 106 Å². The van der Waals surface area contributed by atoms with Crippen LogP contribution in [0.4, 0.5) is 26.3 Å². The third-order valence-electron chi connectivity index (χ3n) is 12.7. The number of alkyl halides is 6. The lowest BCUT2D eigenvalue weighted by Crippen LogP contribution is -2.61. The third kappa shape index (κ3) is 8.26. The van der Waals surface area contributed by atoms with Crippen LogP contribution in [-0.2, 0) is 60.5 Å². The average Bonchev–Trinajstić information content (AvgIpc) is 3.52. The van der Waals surface area contributed by atoms with Crippen molar-refractivity contribution in [1.82, 2.24) is 5.32 Å². The van der Waals surface area contributed by atoms with Gasteiger partial charge in [-0.05, 0) is 43.7 Å². The Morgan fingerprint density at radius 1 is 0.734 bits per heavy atom. The molecule has 1 N–H and O–H groups in total. The molecular weight excluding hydrogens is 849 g/mol. The zero-order valence-corrected chi connectivity index (χ0v) is 35.9. The summed E-state index contributed by atoms with van der Waals surface area (Å²) in [5.74, 6) is -9.71. The zero-order valence-electron chi connectivity index (χ0n) is 35.9. The number of carbonyl (C=O) groups is 4. The van der Waals surface area contributed by atoms with Gasteiger partial charge >= 0.3 is 30.3 Å². The lowest BCUT2D eigenvalue weighted by molar-refractivity contribution is -0.280. The lowest BCUT2D eigenvalue weighted by Gasteiger charge is -2.47. The van der Waals surface area contributed by atoms with Gasteiger partial charge in [-0.25, -0.2) is 14.4 Å². The van der Waals surface area contributed by atoms with Gasteiger partial charge in [0.25, 0.3) is 17.1 Å². The second-order valence-electron chi connectivity index (χ2n) is 16.4. The van der Waals surface area contributed by atoms with Gasteiger partial charge in [0.2, 0.25) is 5.60 Å². The molecule has 1 saturated heterocycles. The minimum atomic E-state index is -5.36. The summed E-state index contributed by atoms with van der Waals surface area (Å²) < 4.78 is 118. The van der Waals surface area contributed by atoms with Crippen molar-refractivity contribution in [3.8, 4) is 0 Å². The van der Waals surface area contributed by atoms with Crippen molar-refractivity contribution < 1.29 is 69.2 Å². The first-order chi connectivity index (χ1) is 30.2. The number of allylic oxidation sites excluding steroid dienone is 1. The van der Waals surface area contributed by atoms with E-state index in [-0.39, 0.29) is 18.4 Å². The van der Waals surface area contributed by atoms with Crippen molar-refractivity contribution in [3.63, 3.8) is 0 Å². The maximum absolute atomic E-state index is 15.2. The van der Waals surface area contributed by atoms with Crippen LogP contribution >= 0.6 is 0 Å². The predicted molar refractivity (Wildman–Crippen MR) is 220 cm³/mol. The van der Waals surface area contributed by atoms with E-state index in [0.29, 0.717) is 12.7 Å². The molecular formula is C48H49F6NO9. The van der Waals surface area contributed by atoms with Crippen LogP contribution in [-0.4, -0.2) is 74.2 Å². The first-order valence-corrected chi connectivity index (χ1v) is 20.6. The van der Waals surface area contributed by atoms with Crippen LogP contribution in [0.15, 0.2) is 126 Å². The molecule has 0 bridgehead atoms. The Morgan fingerprint density at radius 2 is 1.23 bits per heavy atom. The predicted octanol–water partition coefficient (Wildman–Crippen LogP) is 8.41. The van der Waals surface area contributed by atoms with Crippen LogP contribution in [0.3, 0.4) is 0 Å². The molecule has 2 heterocycles. The minimum absolute atomic E-state index is 0.0648. The molecule has 1 fully saturated rings. The zero-order chi connectivity index (χ0) is 46.8. The monoisotopic (exact) mass is 897 g/mol. The first-order valence-electron chi connectivity index (χ1n) is 20.6. The van der Waals surface area contributed by atoms with E-state index in [2.05, 4.69) is 5.32 Å². The molecule has 2 aliphatic heterocycles. The SMILES string of the molecule is CO[C@@](C(=O)O[C@H]1[C@@H](C)/C=C/C(=O)O[C@@]23C(=O)N[C@@H](Cc4ccccc4)[C@@H]2C(C)=C(C)[C@@H](OC(=O)[C@](OC)(c2ccccc2)C(F)(F)F)[C@@H]3/C=C/C[C@@H]1C)(c1ccccc1)C(F)(F)F. The van der Waals surface area contributed by atoms with Crippen molar-refractivity contribution in [2.24, 2.45) is 23.7 Å². The Kier molecular flexibility index (Phi) is 13.7. The fourth-order valence-electron chi connectivity index (χ4n) is 9.41. The molecule has 6 rings (SSSR count). The summed E-state index contributed by atoms with van der Waals surface area (Å²) >= 11 is 0. The standard InChI is InChI=1S/C48H49F6NO9/c1-28-17-16-24-35-40(63-43(59)46(61-6,48(52,53)54)34-22-14-9-15-23-34)31(4)30(3)38-36(27-32-18-10-7-11-19-32)55-41(57)44(35,38)64-37(56)26-25-29(2)39(28)62-42(58)45(60-5,47(49,50)51)33-20-12-8-13-21-33/h7-16,18-26,28-29,35-36,38-40H,17,27H2,1-6H3,(H,55,57)/b24-16+,26-25+/t28-,29-,35-,36-,38-,39+,40+,44+,45+,46+/m0/s1.